The minimum absolute atomic E-state index is 0.281. The number of likely N-dealkylation sites (N-methyl/N-ethyl adjacent to an activating group) is 1. The summed E-state index contributed by atoms with van der Waals surface area (Å²) >= 11 is 0. The van der Waals surface area contributed by atoms with E-state index in [2.05, 4.69) is 45.3 Å². The van der Waals surface area contributed by atoms with E-state index in [0.717, 1.165) is 10.9 Å². The maximum atomic E-state index is 9.13. The molecule has 0 fully saturated rings. The summed E-state index contributed by atoms with van der Waals surface area (Å²) in [5.74, 6) is 0.501. The number of rotatable bonds is 2. The molecule has 2 rings (SSSR count). The van der Waals surface area contributed by atoms with Gasteiger partial charge in [-0.2, -0.15) is 0 Å². The second kappa shape index (κ2) is 3.62. The predicted molar refractivity (Wildman–Crippen MR) is 64.0 cm³/mol. The van der Waals surface area contributed by atoms with Gasteiger partial charge in [-0.05, 0) is 19.4 Å². The second-order valence-electron chi connectivity index (χ2n) is 4.96. The van der Waals surface area contributed by atoms with Crippen molar-refractivity contribution in [1.29, 1.82) is 0 Å². The first-order chi connectivity index (χ1) is 7.09. The Hall–Kier alpha value is -0.860. The van der Waals surface area contributed by atoms with E-state index in [9.17, 15) is 0 Å². The lowest BCUT2D eigenvalue weighted by Gasteiger charge is -2.31. The number of hydrogen-bond donors (Lipinski definition) is 1. The molecule has 2 nitrogen and oxygen atoms in total. The number of quaternary nitrogens is 1. The van der Waals surface area contributed by atoms with E-state index in [1.807, 2.05) is 0 Å². The summed E-state index contributed by atoms with van der Waals surface area (Å²) in [5.41, 5.74) is 2.83. The van der Waals surface area contributed by atoms with Gasteiger partial charge in [-0.15, -0.1) is 0 Å². The van der Waals surface area contributed by atoms with E-state index in [-0.39, 0.29) is 6.61 Å². The molecule has 1 aliphatic heterocycles. The number of hydrogen-bond acceptors (Lipinski definition) is 1. The maximum absolute atomic E-state index is 9.13. The van der Waals surface area contributed by atoms with E-state index in [4.69, 9.17) is 5.11 Å². The summed E-state index contributed by atoms with van der Waals surface area (Å²) in [6.07, 6.45) is 0.875. The lowest BCUT2D eigenvalue weighted by molar-refractivity contribution is 0.240. The number of benzene rings is 1. The van der Waals surface area contributed by atoms with Crippen LogP contribution in [0.5, 0.6) is 0 Å². The van der Waals surface area contributed by atoms with Gasteiger partial charge in [0.15, 0.2) is 0 Å². The maximum Gasteiger partial charge on any atom is 0.136 e. The fourth-order valence-corrected chi connectivity index (χ4v) is 2.79. The topological polar surface area (TPSA) is 20.2 Å². The molecule has 2 unspecified atom stereocenters. The average Bonchev–Trinajstić information content (AvgIpc) is 2.42. The van der Waals surface area contributed by atoms with Crippen LogP contribution in [0.2, 0.25) is 0 Å². The molecule has 2 heteroatoms. The Balaban J connectivity index is 2.47. The third kappa shape index (κ3) is 1.48. The molecule has 0 radical (unpaired) electrons. The number of para-hydroxylation sites is 1. The molecule has 1 aromatic rings. The Morgan fingerprint density at radius 2 is 1.93 bits per heavy atom. The Bertz CT molecular complexity index is 359. The first-order valence-electron chi connectivity index (χ1n) is 5.63. The van der Waals surface area contributed by atoms with Crippen LogP contribution in [0.1, 0.15) is 24.8 Å². The highest BCUT2D eigenvalue weighted by Crippen LogP contribution is 2.45. The molecule has 1 N–H and O–H groups in total. The van der Waals surface area contributed by atoms with Gasteiger partial charge in [-0.3, -0.25) is 4.48 Å². The van der Waals surface area contributed by atoms with Crippen LogP contribution in [-0.2, 0) is 0 Å². The number of fused-ring (bicyclic) bond motifs is 1. The summed E-state index contributed by atoms with van der Waals surface area (Å²) in [7, 11) is 4.50. The highest BCUT2D eigenvalue weighted by atomic mass is 16.3. The Morgan fingerprint density at radius 3 is 2.60 bits per heavy atom. The van der Waals surface area contributed by atoms with Crippen molar-refractivity contribution >= 4 is 5.69 Å². The van der Waals surface area contributed by atoms with E-state index < -0.39 is 0 Å². The fraction of sp³-hybridized carbons (Fsp3) is 0.538. The number of aliphatic hydroxyl groups is 1. The zero-order valence-corrected chi connectivity index (χ0v) is 9.77. The van der Waals surface area contributed by atoms with Gasteiger partial charge in [0.2, 0.25) is 0 Å². The predicted octanol–water partition coefficient (Wildman–Crippen LogP) is 2.12. The summed E-state index contributed by atoms with van der Waals surface area (Å²) in [6, 6.07) is 9.17. The molecule has 82 valence electrons. The highest BCUT2D eigenvalue weighted by Gasteiger charge is 2.43. The van der Waals surface area contributed by atoms with Crippen molar-refractivity contribution in [2.24, 2.45) is 0 Å². The van der Waals surface area contributed by atoms with Crippen LogP contribution in [0.15, 0.2) is 24.3 Å². The molecule has 1 heterocycles. The van der Waals surface area contributed by atoms with Gasteiger partial charge in [0.05, 0.1) is 20.1 Å². The van der Waals surface area contributed by atoms with Crippen LogP contribution >= 0.6 is 0 Å². The molecule has 1 aliphatic rings. The van der Waals surface area contributed by atoms with Gasteiger partial charge in [-0.25, -0.2) is 0 Å². The van der Waals surface area contributed by atoms with Crippen LogP contribution in [-0.4, -0.2) is 31.9 Å². The largest absolute Gasteiger partial charge is 0.396 e. The lowest BCUT2D eigenvalue weighted by atomic mass is 9.93. The van der Waals surface area contributed by atoms with Crippen molar-refractivity contribution in [2.75, 3.05) is 20.7 Å². The van der Waals surface area contributed by atoms with Gasteiger partial charge in [0.1, 0.15) is 5.69 Å². The monoisotopic (exact) mass is 206 g/mol. The van der Waals surface area contributed by atoms with E-state index in [1.54, 1.807) is 0 Å². The second-order valence-corrected chi connectivity index (χ2v) is 4.96. The fourth-order valence-electron chi connectivity index (χ4n) is 2.79. The molecule has 0 saturated carbocycles. The molecule has 0 bridgehead atoms. The van der Waals surface area contributed by atoms with Gasteiger partial charge >= 0.3 is 0 Å². The molecule has 0 spiro atoms. The SMILES string of the molecule is CC1C(CCO)c2ccccc2[N+]1(C)C. The summed E-state index contributed by atoms with van der Waals surface area (Å²) in [6.45, 7) is 2.56. The van der Waals surface area contributed by atoms with E-state index in [1.165, 1.54) is 11.3 Å². The smallest absolute Gasteiger partial charge is 0.136 e. The molecule has 0 aliphatic carbocycles. The zero-order valence-electron chi connectivity index (χ0n) is 9.77. The summed E-state index contributed by atoms with van der Waals surface area (Å²) in [4.78, 5) is 0. The lowest BCUT2D eigenvalue weighted by Crippen LogP contribution is -2.46. The normalized spacial score (nSPS) is 27.7. The van der Waals surface area contributed by atoms with Gasteiger partial charge in [-0.1, -0.05) is 18.2 Å². The summed E-state index contributed by atoms with van der Waals surface area (Å²) < 4.78 is 0.931. The Morgan fingerprint density at radius 1 is 1.27 bits per heavy atom. The van der Waals surface area contributed by atoms with Crippen molar-refractivity contribution in [1.82, 2.24) is 4.48 Å². The Labute approximate surface area is 91.7 Å². The van der Waals surface area contributed by atoms with Gasteiger partial charge < -0.3 is 5.11 Å². The Kier molecular flexibility index (Phi) is 2.57. The minimum atomic E-state index is 0.281. The molecular weight excluding hydrogens is 186 g/mol. The molecule has 0 amide bonds. The molecule has 0 saturated heterocycles. The molecular formula is C13H20NO+. The summed E-state index contributed by atoms with van der Waals surface area (Å²) in [5, 5.41) is 9.13. The van der Waals surface area contributed by atoms with Crippen molar-refractivity contribution in [3.63, 3.8) is 0 Å². The van der Waals surface area contributed by atoms with Gasteiger partial charge in [0, 0.05) is 18.1 Å². The van der Waals surface area contributed by atoms with Crippen molar-refractivity contribution < 1.29 is 5.11 Å². The third-order valence-electron chi connectivity index (χ3n) is 4.00. The first-order valence-corrected chi connectivity index (χ1v) is 5.63. The van der Waals surface area contributed by atoms with Crippen molar-refractivity contribution in [3.05, 3.63) is 29.8 Å². The highest BCUT2D eigenvalue weighted by molar-refractivity contribution is 5.57. The van der Waals surface area contributed by atoms with Crippen molar-refractivity contribution in [2.45, 2.75) is 25.3 Å². The zero-order chi connectivity index (χ0) is 11.1. The minimum Gasteiger partial charge on any atom is -0.396 e. The molecule has 15 heavy (non-hydrogen) atoms. The number of nitrogens with zero attached hydrogens (tertiary/aromatic N) is 1. The van der Waals surface area contributed by atoms with E-state index >= 15 is 0 Å². The average molecular weight is 206 g/mol. The quantitative estimate of drug-likeness (QED) is 0.735. The van der Waals surface area contributed by atoms with Crippen LogP contribution < -0.4 is 4.48 Å². The molecule has 1 aromatic carbocycles. The molecule has 0 aromatic heterocycles. The van der Waals surface area contributed by atoms with Gasteiger partial charge in [0.25, 0.3) is 0 Å². The van der Waals surface area contributed by atoms with Crippen molar-refractivity contribution in [3.8, 4) is 0 Å². The van der Waals surface area contributed by atoms with Crippen LogP contribution in [0.4, 0.5) is 5.69 Å². The van der Waals surface area contributed by atoms with Crippen LogP contribution in [0, 0.1) is 0 Å². The standard InChI is InChI=1S/C13H20NO/c1-10-11(8-9-15)12-6-4-5-7-13(12)14(10,2)3/h4-7,10-11,15H,8-9H2,1-3H3/q+1. The molecule has 2 atom stereocenters. The van der Waals surface area contributed by atoms with Crippen LogP contribution in [0.3, 0.4) is 0 Å². The van der Waals surface area contributed by atoms with E-state index in [0.29, 0.717) is 12.0 Å². The first kappa shape index (κ1) is 10.7. The number of aliphatic hydroxyl groups excluding tert-OH is 1. The third-order valence-corrected chi connectivity index (χ3v) is 4.00. The van der Waals surface area contributed by atoms with Crippen LogP contribution in [0.25, 0.3) is 0 Å².